The maximum atomic E-state index is 11.7. The first-order chi connectivity index (χ1) is 8.41. The summed E-state index contributed by atoms with van der Waals surface area (Å²) in [5.74, 6) is -1.54. The number of carboxylic acid groups (broad SMARTS) is 1. The van der Waals surface area contributed by atoms with Crippen LogP contribution in [0.15, 0.2) is 0 Å². The molecule has 0 radical (unpaired) electrons. The summed E-state index contributed by atoms with van der Waals surface area (Å²) >= 11 is 0. The summed E-state index contributed by atoms with van der Waals surface area (Å²) in [6.45, 7) is 5.87. The first-order valence-corrected chi connectivity index (χ1v) is 6.33. The van der Waals surface area contributed by atoms with Gasteiger partial charge in [-0.15, -0.1) is 0 Å². The van der Waals surface area contributed by atoms with Crippen molar-refractivity contribution < 1.29 is 19.4 Å². The van der Waals surface area contributed by atoms with Crippen molar-refractivity contribution in [2.45, 2.75) is 51.8 Å². The smallest absolute Gasteiger partial charge is 0.315 e. The third-order valence-electron chi connectivity index (χ3n) is 3.38. The van der Waals surface area contributed by atoms with Crippen LogP contribution in [0.1, 0.15) is 33.6 Å². The van der Waals surface area contributed by atoms with E-state index in [4.69, 9.17) is 9.84 Å². The van der Waals surface area contributed by atoms with Crippen LogP contribution in [0.25, 0.3) is 0 Å². The lowest BCUT2D eigenvalue weighted by Gasteiger charge is -2.23. The highest BCUT2D eigenvalue weighted by Crippen LogP contribution is 2.15. The lowest BCUT2D eigenvalue weighted by molar-refractivity contribution is -0.141. The molecule has 0 spiro atoms. The maximum Gasteiger partial charge on any atom is 0.315 e. The second-order valence-electron chi connectivity index (χ2n) is 4.87. The Hall–Kier alpha value is -1.30. The molecule has 4 unspecified atom stereocenters. The van der Waals surface area contributed by atoms with Gasteiger partial charge in [0, 0.05) is 12.6 Å². The predicted octanol–water partition coefficient (Wildman–Crippen LogP) is 0.962. The second kappa shape index (κ2) is 6.58. The van der Waals surface area contributed by atoms with Gasteiger partial charge in [0.2, 0.25) is 0 Å². The molecule has 18 heavy (non-hydrogen) atoms. The van der Waals surface area contributed by atoms with E-state index >= 15 is 0 Å². The van der Waals surface area contributed by atoms with E-state index in [-0.39, 0.29) is 18.2 Å². The molecule has 3 N–H and O–H groups in total. The molecule has 104 valence electrons. The van der Waals surface area contributed by atoms with E-state index < -0.39 is 17.9 Å². The maximum absolute atomic E-state index is 11.7. The van der Waals surface area contributed by atoms with E-state index in [0.717, 1.165) is 19.4 Å². The number of ether oxygens (including phenoxy) is 1. The van der Waals surface area contributed by atoms with Crippen LogP contribution in [0.4, 0.5) is 4.79 Å². The van der Waals surface area contributed by atoms with Crippen LogP contribution < -0.4 is 10.6 Å². The van der Waals surface area contributed by atoms with Gasteiger partial charge in [-0.05, 0) is 33.6 Å². The Labute approximate surface area is 107 Å². The Bertz CT molecular complexity index is 302. The Balaban J connectivity index is 2.34. The minimum Gasteiger partial charge on any atom is -0.481 e. The van der Waals surface area contributed by atoms with Gasteiger partial charge in [0.15, 0.2) is 0 Å². The van der Waals surface area contributed by atoms with E-state index in [9.17, 15) is 9.59 Å². The molecule has 0 aromatic carbocycles. The highest BCUT2D eigenvalue weighted by atomic mass is 16.5. The summed E-state index contributed by atoms with van der Waals surface area (Å²) < 4.78 is 5.47. The molecule has 1 aliphatic heterocycles. The zero-order valence-electron chi connectivity index (χ0n) is 11.1. The van der Waals surface area contributed by atoms with Crippen molar-refractivity contribution in [3.05, 3.63) is 0 Å². The fraction of sp³-hybridized carbons (Fsp3) is 0.833. The highest BCUT2D eigenvalue weighted by Gasteiger charge is 2.25. The van der Waals surface area contributed by atoms with Gasteiger partial charge in [-0.3, -0.25) is 4.79 Å². The van der Waals surface area contributed by atoms with Crippen molar-refractivity contribution in [3.63, 3.8) is 0 Å². The van der Waals surface area contributed by atoms with Gasteiger partial charge in [0.05, 0.1) is 18.1 Å². The van der Waals surface area contributed by atoms with Crippen molar-refractivity contribution in [2.75, 3.05) is 6.61 Å². The van der Waals surface area contributed by atoms with Gasteiger partial charge >= 0.3 is 12.0 Å². The lowest BCUT2D eigenvalue weighted by Crippen LogP contribution is -2.50. The standard InChI is InChI=1S/C12H22N2O4/c1-7(11(15)16)8(2)13-12(17)14-9(3)10-5-4-6-18-10/h7-10H,4-6H2,1-3H3,(H,15,16)(H2,13,14,17). The average Bonchev–Trinajstić information content (AvgIpc) is 2.80. The summed E-state index contributed by atoms with van der Waals surface area (Å²) in [5.41, 5.74) is 0. The molecular formula is C12H22N2O4. The van der Waals surface area contributed by atoms with Crippen LogP contribution in [0.3, 0.4) is 0 Å². The van der Waals surface area contributed by atoms with Crippen LogP contribution in [-0.2, 0) is 9.53 Å². The third kappa shape index (κ3) is 4.18. The zero-order valence-corrected chi connectivity index (χ0v) is 11.1. The van der Waals surface area contributed by atoms with Crippen LogP contribution in [0.2, 0.25) is 0 Å². The number of nitrogens with one attached hydrogen (secondary N) is 2. The third-order valence-corrected chi connectivity index (χ3v) is 3.38. The summed E-state index contributed by atoms with van der Waals surface area (Å²) in [5, 5.41) is 14.2. The van der Waals surface area contributed by atoms with Crippen molar-refractivity contribution in [3.8, 4) is 0 Å². The SMILES string of the molecule is CC(NC(=O)NC(C)C(C)C(=O)O)C1CCCO1. The molecule has 0 aliphatic carbocycles. The van der Waals surface area contributed by atoms with Crippen molar-refractivity contribution in [1.82, 2.24) is 10.6 Å². The topological polar surface area (TPSA) is 87.7 Å². The van der Waals surface area contributed by atoms with E-state index in [2.05, 4.69) is 10.6 Å². The number of rotatable bonds is 5. The molecule has 6 heteroatoms. The molecule has 6 nitrogen and oxygen atoms in total. The van der Waals surface area contributed by atoms with Crippen molar-refractivity contribution >= 4 is 12.0 Å². The number of amides is 2. The monoisotopic (exact) mass is 258 g/mol. The van der Waals surface area contributed by atoms with Gasteiger partial charge in [0.1, 0.15) is 0 Å². The number of urea groups is 1. The quantitative estimate of drug-likeness (QED) is 0.685. The normalized spacial score (nSPS) is 24.1. The number of hydrogen-bond acceptors (Lipinski definition) is 3. The van der Waals surface area contributed by atoms with Crippen molar-refractivity contribution in [2.24, 2.45) is 5.92 Å². The van der Waals surface area contributed by atoms with E-state index in [0.29, 0.717) is 0 Å². The molecule has 0 bridgehead atoms. The summed E-state index contributed by atoms with van der Waals surface area (Å²) in [6, 6.07) is -0.836. The first-order valence-electron chi connectivity index (χ1n) is 6.33. The van der Waals surface area contributed by atoms with Crippen LogP contribution in [-0.4, -0.2) is 41.9 Å². The number of aliphatic carboxylic acids is 1. The average molecular weight is 258 g/mol. The van der Waals surface area contributed by atoms with Crippen molar-refractivity contribution in [1.29, 1.82) is 0 Å². The minimum atomic E-state index is -0.921. The molecule has 0 aromatic heterocycles. The Morgan fingerprint density at radius 2 is 1.94 bits per heavy atom. The van der Waals surface area contributed by atoms with Gasteiger partial charge in [0.25, 0.3) is 0 Å². The van der Waals surface area contributed by atoms with Gasteiger partial charge in [-0.2, -0.15) is 0 Å². The molecule has 0 aromatic rings. The number of carbonyl (C=O) groups excluding carboxylic acids is 1. The number of carboxylic acids is 1. The summed E-state index contributed by atoms with van der Waals surface area (Å²) in [7, 11) is 0. The van der Waals surface area contributed by atoms with Gasteiger partial charge < -0.3 is 20.5 Å². The van der Waals surface area contributed by atoms with E-state index in [1.807, 2.05) is 6.92 Å². The zero-order chi connectivity index (χ0) is 13.7. The fourth-order valence-electron chi connectivity index (χ4n) is 1.88. The first kappa shape index (κ1) is 14.8. The van der Waals surface area contributed by atoms with E-state index in [1.54, 1.807) is 13.8 Å². The van der Waals surface area contributed by atoms with Gasteiger partial charge in [-0.1, -0.05) is 0 Å². The van der Waals surface area contributed by atoms with Crippen LogP contribution >= 0.6 is 0 Å². The Kier molecular flexibility index (Phi) is 5.40. The summed E-state index contributed by atoms with van der Waals surface area (Å²) in [6.07, 6.45) is 2.02. The molecule has 1 fully saturated rings. The molecule has 1 rings (SSSR count). The fourth-order valence-corrected chi connectivity index (χ4v) is 1.88. The Morgan fingerprint density at radius 3 is 2.44 bits per heavy atom. The second-order valence-corrected chi connectivity index (χ2v) is 4.87. The highest BCUT2D eigenvalue weighted by molar-refractivity contribution is 5.76. The lowest BCUT2D eigenvalue weighted by atomic mass is 10.0. The Morgan fingerprint density at radius 1 is 1.28 bits per heavy atom. The molecule has 0 saturated carbocycles. The van der Waals surface area contributed by atoms with Gasteiger partial charge in [-0.25, -0.2) is 4.79 Å². The number of hydrogen-bond donors (Lipinski definition) is 3. The number of carbonyl (C=O) groups is 2. The minimum absolute atomic E-state index is 0.0583. The molecular weight excluding hydrogens is 236 g/mol. The molecule has 1 saturated heterocycles. The summed E-state index contributed by atoms with van der Waals surface area (Å²) in [4.78, 5) is 22.4. The predicted molar refractivity (Wildman–Crippen MR) is 66.4 cm³/mol. The van der Waals surface area contributed by atoms with Crippen LogP contribution in [0, 0.1) is 5.92 Å². The van der Waals surface area contributed by atoms with E-state index in [1.165, 1.54) is 0 Å². The largest absolute Gasteiger partial charge is 0.481 e. The molecule has 1 heterocycles. The molecule has 2 amide bonds. The van der Waals surface area contributed by atoms with Crippen LogP contribution in [0.5, 0.6) is 0 Å². The molecule has 1 aliphatic rings. The molecule has 4 atom stereocenters.